The van der Waals surface area contributed by atoms with E-state index in [1.165, 1.54) is 0 Å². The number of aromatic nitrogens is 3. The molecular weight excluding hydrogens is 530 g/mol. The summed E-state index contributed by atoms with van der Waals surface area (Å²) in [6, 6.07) is 2.12. The van der Waals surface area contributed by atoms with Crippen molar-refractivity contribution < 1.29 is 22.8 Å². The first-order valence-corrected chi connectivity index (χ1v) is 17.2. The molecule has 2 aliphatic rings. The zero-order valence-corrected chi connectivity index (χ0v) is 25.5. The van der Waals surface area contributed by atoms with Crippen molar-refractivity contribution in [2.45, 2.75) is 102 Å². The molecule has 2 aliphatic heterocycles. The fourth-order valence-electron chi connectivity index (χ4n) is 5.77. The van der Waals surface area contributed by atoms with Crippen molar-refractivity contribution in [1.29, 1.82) is 5.26 Å². The largest absolute Gasteiger partial charge is 0.414 e. The summed E-state index contributed by atoms with van der Waals surface area (Å²) in [7, 11) is -5.70. The summed E-state index contributed by atoms with van der Waals surface area (Å²) in [5.74, 6) is -0.0384. The van der Waals surface area contributed by atoms with E-state index in [2.05, 4.69) is 71.4 Å². The first-order valence-electron chi connectivity index (χ1n) is 12.9. The van der Waals surface area contributed by atoms with Crippen LogP contribution in [0, 0.1) is 11.3 Å². The number of rotatable bonds is 5. The van der Waals surface area contributed by atoms with Crippen molar-refractivity contribution in [3.05, 3.63) is 16.9 Å². The van der Waals surface area contributed by atoms with Crippen LogP contribution in [0.1, 0.15) is 67.2 Å². The molecule has 2 fully saturated rings. The summed E-state index contributed by atoms with van der Waals surface area (Å²) < 4.78 is 29.0. The number of nitrogens with zero attached hydrogens (tertiary/aromatic N) is 4. The molecule has 3 N–H and O–H groups in total. The topological polar surface area (TPSA) is 138 Å². The molecule has 37 heavy (non-hydrogen) atoms. The van der Waals surface area contributed by atoms with E-state index >= 15 is 0 Å². The van der Waals surface area contributed by atoms with E-state index in [4.69, 9.17) is 35.0 Å². The van der Waals surface area contributed by atoms with Crippen LogP contribution in [0.15, 0.2) is 6.20 Å². The zero-order valence-electron chi connectivity index (χ0n) is 22.7. The summed E-state index contributed by atoms with van der Waals surface area (Å²) in [5.41, 5.74) is 7.03. The van der Waals surface area contributed by atoms with Crippen LogP contribution >= 0.6 is 11.6 Å². The van der Waals surface area contributed by atoms with Gasteiger partial charge < -0.3 is 33.1 Å². The van der Waals surface area contributed by atoms with Gasteiger partial charge in [-0.25, -0.2) is 4.98 Å². The average molecular weight is 568 g/mol. The highest BCUT2D eigenvalue weighted by atomic mass is 35.5. The molecule has 10 nitrogen and oxygen atoms in total. The molecule has 0 saturated carbocycles. The van der Waals surface area contributed by atoms with Gasteiger partial charge in [0.15, 0.2) is 11.9 Å². The lowest BCUT2D eigenvalue weighted by atomic mass is 10.1. The molecule has 0 amide bonds. The van der Waals surface area contributed by atoms with Gasteiger partial charge in [0.25, 0.3) is 0 Å². The van der Waals surface area contributed by atoms with Gasteiger partial charge in [-0.15, -0.1) is 0 Å². The third-order valence-corrected chi connectivity index (χ3v) is 18.2. The molecule has 0 aromatic carbocycles. The molecule has 2 aromatic heterocycles. The zero-order chi connectivity index (χ0) is 27.4. The molecule has 2 saturated heterocycles. The molecule has 4 atom stereocenters. The Morgan fingerprint density at radius 2 is 1.68 bits per heavy atom. The first-order chi connectivity index (χ1) is 17.3. The molecular formula is C24H38ClN5O5Si2. The van der Waals surface area contributed by atoms with Gasteiger partial charge in [-0.05, 0) is 22.2 Å². The first kappa shape index (κ1) is 28.4. The number of fused-ring (bicyclic) bond motifs is 2. The Bertz CT molecular complexity index is 1180. The van der Waals surface area contributed by atoms with Crippen LogP contribution in [0.3, 0.4) is 0 Å². The van der Waals surface area contributed by atoms with Gasteiger partial charge in [-0.3, -0.25) is 0 Å². The Morgan fingerprint density at radius 1 is 1.08 bits per heavy atom. The Balaban J connectivity index is 1.83. The van der Waals surface area contributed by atoms with E-state index in [0.717, 1.165) is 0 Å². The smallest absolute Gasteiger partial charge is 0.335 e. The Morgan fingerprint density at radius 3 is 2.22 bits per heavy atom. The van der Waals surface area contributed by atoms with E-state index in [1.807, 2.05) is 0 Å². The van der Waals surface area contributed by atoms with E-state index in [9.17, 15) is 10.4 Å². The van der Waals surface area contributed by atoms with Crippen LogP contribution < -0.4 is 5.73 Å². The molecule has 13 heteroatoms. The maximum Gasteiger partial charge on any atom is 0.335 e. The maximum atomic E-state index is 11.6. The number of aliphatic hydroxyl groups is 1. The van der Waals surface area contributed by atoms with Crippen LogP contribution in [0.5, 0.6) is 0 Å². The number of nitriles is 1. The summed E-state index contributed by atoms with van der Waals surface area (Å²) >= 11 is 6.32. The third kappa shape index (κ3) is 4.53. The van der Waals surface area contributed by atoms with Crippen LogP contribution in [0.4, 0.5) is 5.95 Å². The maximum absolute atomic E-state index is 11.6. The number of ether oxygens (including phenoxy) is 1. The second-order valence-electron chi connectivity index (χ2n) is 11.2. The van der Waals surface area contributed by atoms with E-state index in [1.54, 1.807) is 10.8 Å². The minimum atomic E-state index is -2.94. The predicted molar refractivity (Wildman–Crippen MR) is 145 cm³/mol. The SMILES string of the molecule is CC(C)[Si]1(C(C)C)OC[C@H]2OC(n3cc(C#N)c4c(Cl)nc(N)nc43)[C@H](O)[C@@H]2O[Si](C(C)C)(C(C)C)O1. The highest BCUT2D eigenvalue weighted by molar-refractivity contribution is 6.84. The minimum absolute atomic E-state index is 0.0384. The monoisotopic (exact) mass is 567 g/mol. The van der Waals surface area contributed by atoms with Crippen LogP contribution in [0.2, 0.25) is 27.3 Å². The summed E-state index contributed by atoms with van der Waals surface area (Å²) in [4.78, 5) is 8.30. The number of halogens is 1. The lowest BCUT2D eigenvalue weighted by molar-refractivity contribution is -0.0568. The Kier molecular flexibility index (Phi) is 7.84. The highest BCUT2D eigenvalue weighted by Gasteiger charge is 2.61. The van der Waals surface area contributed by atoms with E-state index < -0.39 is 41.7 Å². The average Bonchev–Trinajstić information content (AvgIpc) is 3.30. The molecule has 0 bridgehead atoms. The fourth-order valence-corrected chi connectivity index (χ4v) is 17.3. The lowest BCUT2D eigenvalue weighted by Crippen LogP contribution is -2.65. The molecule has 0 aliphatic carbocycles. The quantitative estimate of drug-likeness (QED) is 0.387. The van der Waals surface area contributed by atoms with Crippen molar-refractivity contribution in [1.82, 2.24) is 14.5 Å². The van der Waals surface area contributed by atoms with Gasteiger partial charge in [0.05, 0.1) is 17.6 Å². The highest BCUT2D eigenvalue weighted by Crippen LogP contribution is 2.48. The van der Waals surface area contributed by atoms with Gasteiger partial charge in [0, 0.05) is 6.20 Å². The molecule has 4 heterocycles. The molecule has 4 rings (SSSR count). The van der Waals surface area contributed by atoms with Gasteiger partial charge >= 0.3 is 17.1 Å². The standard InChI is InChI=1S/C24H38ClN5O5Si2/c1-12(2)36(13(3)4)32-11-17-20(34-37(35-36,14(5)6)15(7)8)19(31)23(33-17)30-10-16(9-26)18-21(25)28-24(27)29-22(18)30/h10,12-15,17,19-20,23,31H,11H2,1-8H3,(H2,27,28,29)/t17-,19-,20-,23?/m1/s1. The molecule has 204 valence electrons. The Labute approximate surface area is 225 Å². The van der Waals surface area contributed by atoms with E-state index in [-0.39, 0.29) is 45.4 Å². The van der Waals surface area contributed by atoms with Crippen LogP contribution in [-0.2, 0) is 17.7 Å². The van der Waals surface area contributed by atoms with Crippen LogP contribution in [0.25, 0.3) is 11.0 Å². The van der Waals surface area contributed by atoms with Crippen molar-refractivity contribution in [2.75, 3.05) is 12.3 Å². The number of hydrogen-bond donors (Lipinski definition) is 2. The second-order valence-corrected chi connectivity index (χ2v) is 20.4. The Hall–Kier alpha value is -1.57. The predicted octanol–water partition coefficient (Wildman–Crippen LogP) is 4.75. The van der Waals surface area contributed by atoms with Gasteiger partial charge in [-0.1, -0.05) is 67.0 Å². The van der Waals surface area contributed by atoms with Gasteiger partial charge in [0.1, 0.15) is 29.5 Å². The molecule has 0 spiro atoms. The third-order valence-electron chi connectivity index (χ3n) is 7.68. The fraction of sp³-hybridized carbons (Fsp3) is 0.708. The van der Waals surface area contributed by atoms with Gasteiger partial charge in [0.2, 0.25) is 5.95 Å². The summed E-state index contributed by atoms with van der Waals surface area (Å²) in [6.07, 6.45) is -1.65. The van der Waals surface area contributed by atoms with Crippen molar-refractivity contribution in [2.24, 2.45) is 0 Å². The van der Waals surface area contributed by atoms with Crippen LogP contribution in [-0.4, -0.2) is 61.7 Å². The number of nitrogen functional groups attached to an aromatic ring is 1. The summed E-state index contributed by atoms with van der Waals surface area (Å²) in [6.45, 7) is 17.4. The number of anilines is 1. The van der Waals surface area contributed by atoms with Crippen molar-refractivity contribution in [3.8, 4) is 6.07 Å². The summed E-state index contributed by atoms with van der Waals surface area (Å²) in [5, 5.41) is 21.8. The molecule has 2 aromatic rings. The van der Waals surface area contributed by atoms with E-state index in [0.29, 0.717) is 11.0 Å². The van der Waals surface area contributed by atoms with Gasteiger partial charge in [-0.2, -0.15) is 10.2 Å². The van der Waals surface area contributed by atoms with Crippen molar-refractivity contribution >= 4 is 45.7 Å². The lowest BCUT2D eigenvalue weighted by Gasteiger charge is -2.51. The second kappa shape index (κ2) is 10.2. The number of aliphatic hydroxyl groups excluding tert-OH is 1. The van der Waals surface area contributed by atoms with Crippen molar-refractivity contribution in [3.63, 3.8) is 0 Å². The molecule has 0 radical (unpaired) electrons. The molecule has 1 unspecified atom stereocenters. The number of nitrogens with two attached hydrogens (primary N) is 1. The number of hydrogen-bond acceptors (Lipinski definition) is 9. The normalized spacial score (nSPS) is 27.6. The minimum Gasteiger partial charge on any atom is -0.414 e.